The number of nitrogens with zero attached hydrogens (tertiary/aromatic N) is 1. The highest BCUT2D eigenvalue weighted by Gasteiger charge is 2.23. The topological polar surface area (TPSA) is 91.8 Å². The molecule has 0 atom stereocenters. The van der Waals surface area contributed by atoms with E-state index in [0.29, 0.717) is 23.2 Å². The Hall–Kier alpha value is -3.14. The monoisotopic (exact) mass is 429 g/mol. The lowest BCUT2D eigenvalue weighted by Crippen LogP contribution is -2.18. The highest BCUT2D eigenvalue weighted by atomic mass is 16.5. The summed E-state index contributed by atoms with van der Waals surface area (Å²) in [5, 5.41) is 0. The molecule has 0 aliphatic heterocycles. The minimum Gasteiger partial charge on any atom is -0.461 e. The number of esters is 3. The molecule has 1 aromatic heterocycles. The summed E-state index contributed by atoms with van der Waals surface area (Å²) in [6, 6.07) is 0. The molecule has 7 nitrogen and oxygen atoms in total. The highest BCUT2D eigenvalue weighted by molar-refractivity contribution is 5.74. The summed E-state index contributed by atoms with van der Waals surface area (Å²) in [6.45, 7) is 8.16. The van der Waals surface area contributed by atoms with Crippen molar-refractivity contribution < 1.29 is 28.6 Å². The summed E-state index contributed by atoms with van der Waals surface area (Å²) in [6.07, 6.45) is 12.5. The van der Waals surface area contributed by atoms with Crippen molar-refractivity contribution in [1.29, 1.82) is 0 Å². The molecule has 0 saturated heterocycles. The molecule has 0 fully saturated rings. The van der Waals surface area contributed by atoms with Crippen LogP contribution in [0.2, 0.25) is 0 Å². The Morgan fingerprint density at radius 3 is 2.52 bits per heavy atom. The number of allylic oxidation sites excluding steroid dienone is 2. The molecule has 0 bridgehead atoms. The maximum Gasteiger partial charge on any atom is 0.311 e. The Morgan fingerprint density at radius 1 is 1.19 bits per heavy atom. The van der Waals surface area contributed by atoms with Gasteiger partial charge in [0.05, 0.1) is 12.1 Å². The number of hydrogen-bond acceptors (Lipinski definition) is 7. The van der Waals surface area contributed by atoms with Gasteiger partial charge >= 0.3 is 17.9 Å². The van der Waals surface area contributed by atoms with Crippen molar-refractivity contribution >= 4 is 17.9 Å². The standard InChI is InChI=1S/C24H31NO6/c1-7-9-10-11-12-21(27)31-23-17(3)25-14-19(15-29-18(4)26)20(23)16-30-22(28)13-24(5,6)8-2/h2,7,9,14H,10-13,15-16H2,1,3-6H3/b9-7-. The van der Waals surface area contributed by atoms with Gasteiger partial charge in [-0.25, -0.2) is 0 Å². The van der Waals surface area contributed by atoms with Gasteiger partial charge in [0.2, 0.25) is 0 Å². The third kappa shape index (κ3) is 9.47. The van der Waals surface area contributed by atoms with Crippen LogP contribution >= 0.6 is 0 Å². The molecule has 0 saturated carbocycles. The van der Waals surface area contributed by atoms with Gasteiger partial charge in [-0.3, -0.25) is 19.4 Å². The predicted molar refractivity (Wildman–Crippen MR) is 116 cm³/mol. The molecule has 7 heteroatoms. The SMILES string of the molecule is C#CC(C)(C)CC(=O)OCc1c(COC(C)=O)cnc(C)c1OC(=O)CCC/C=C\C. The van der Waals surface area contributed by atoms with E-state index in [1.54, 1.807) is 20.8 Å². The Bertz CT molecular complexity index is 864. The second kappa shape index (κ2) is 12.5. The van der Waals surface area contributed by atoms with Gasteiger partial charge in [-0.05, 0) is 40.5 Å². The molecule has 1 heterocycles. The summed E-state index contributed by atoms with van der Waals surface area (Å²) in [5.74, 6) is 1.39. The van der Waals surface area contributed by atoms with E-state index in [-0.39, 0.29) is 31.8 Å². The fourth-order valence-corrected chi connectivity index (χ4v) is 2.58. The predicted octanol–water partition coefficient (Wildman–Crippen LogP) is 4.20. The first-order chi connectivity index (χ1) is 14.6. The zero-order chi connectivity index (χ0) is 23.4. The molecule has 31 heavy (non-hydrogen) atoms. The number of carbonyl (C=O) groups is 3. The maximum absolute atomic E-state index is 12.3. The zero-order valence-electron chi connectivity index (χ0n) is 18.9. The zero-order valence-corrected chi connectivity index (χ0v) is 18.9. The molecule has 0 aromatic carbocycles. The number of unbranched alkanes of at least 4 members (excludes halogenated alkanes) is 1. The minimum atomic E-state index is -0.645. The highest BCUT2D eigenvalue weighted by Crippen LogP contribution is 2.28. The molecule has 0 radical (unpaired) electrons. The molecule has 0 N–H and O–H groups in total. The van der Waals surface area contributed by atoms with E-state index in [2.05, 4.69) is 10.9 Å². The summed E-state index contributed by atoms with van der Waals surface area (Å²) in [7, 11) is 0. The average molecular weight is 430 g/mol. The van der Waals surface area contributed by atoms with Crippen molar-refractivity contribution in [3.8, 4) is 18.1 Å². The van der Waals surface area contributed by atoms with Crippen LogP contribution in [0.3, 0.4) is 0 Å². The number of aryl methyl sites for hydroxylation is 1. The van der Waals surface area contributed by atoms with Crippen molar-refractivity contribution in [1.82, 2.24) is 4.98 Å². The molecular weight excluding hydrogens is 398 g/mol. The van der Waals surface area contributed by atoms with E-state index in [0.717, 1.165) is 6.42 Å². The van der Waals surface area contributed by atoms with Crippen LogP contribution in [0, 0.1) is 24.7 Å². The summed E-state index contributed by atoms with van der Waals surface area (Å²) < 4.78 is 16.0. The quantitative estimate of drug-likeness (QED) is 0.225. The second-order valence-electron chi connectivity index (χ2n) is 7.76. The normalized spacial score (nSPS) is 11.1. The molecular formula is C24H31NO6. The lowest BCUT2D eigenvalue weighted by molar-refractivity contribution is -0.147. The summed E-state index contributed by atoms with van der Waals surface area (Å²) in [5.41, 5.74) is 0.737. The lowest BCUT2D eigenvalue weighted by Gasteiger charge is -2.19. The molecule has 0 aliphatic rings. The minimum absolute atomic E-state index is 0.0346. The van der Waals surface area contributed by atoms with E-state index in [1.807, 2.05) is 19.1 Å². The summed E-state index contributed by atoms with van der Waals surface area (Å²) >= 11 is 0. The fraction of sp³-hybridized carbons (Fsp3) is 0.500. The Kier molecular flexibility index (Phi) is 10.5. The van der Waals surface area contributed by atoms with Gasteiger partial charge in [0.15, 0.2) is 5.75 Å². The number of terminal acetylenes is 1. The van der Waals surface area contributed by atoms with E-state index >= 15 is 0 Å². The van der Waals surface area contributed by atoms with Crippen LogP contribution in [0.5, 0.6) is 5.75 Å². The van der Waals surface area contributed by atoms with Crippen molar-refractivity contribution in [3.63, 3.8) is 0 Å². The van der Waals surface area contributed by atoms with Crippen LogP contribution in [-0.2, 0) is 37.1 Å². The van der Waals surface area contributed by atoms with Crippen LogP contribution in [0.4, 0.5) is 0 Å². The van der Waals surface area contributed by atoms with E-state index in [9.17, 15) is 14.4 Å². The molecule has 0 unspecified atom stereocenters. The molecule has 1 rings (SSSR count). The van der Waals surface area contributed by atoms with Crippen molar-refractivity contribution in [2.24, 2.45) is 5.41 Å². The van der Waals surface area contributed by atoms with Crippen molar-refractivity contribution in [2.75, 3.05) is 0 Å². The summed E-state index contributed by atoms with van der Waals surface area (Å²) in [4.78, 5) is 40.1. The van der Waals surface area contributed by atoms with Gasteiger partial charge in [0.25, 0.3) is 0 Å². The van der Waals surface area contributed by atoms with Crippen LogP contribution in [0.25, 0.3) is 0 Å². The number of ether oxygens (including phenoxy) is 3. The lowest BCUT2D eigenvalue weighted by atomic mass is 9.91. The number of aromatic nitrogens is 1. The van der Waals surface area contributed by atoms with E-state index in [4.69, 9.17) is 20.6 Å². The first-order valence-electron chi connectivity index (χ1n) is 10.2. The van der Waals surface area contributed by atoms with Crippen LogP contribution in [0.1, 0.15) is 70.2 Å². The van der Waals surface area contributed by atoms with Gasteiger partial charge in [-0.2, -0.15) is 0 Å². The van der Waals surface area contributed by atoms with E-state index in [1.165, 1.54) is 13.1 Å². The number of rotatable bonds is 11. The first-order valence-corrected chi connectivity index (χ1v) is 10.2. The fourth-order valence-electron chi connectivity index (χ4n) is 2.58. The Morgan fingerprint density at radius 2 is 1.90 bits per heavy atom. The average Bonchev–Trinajstić information content (AvgIpc) is 2.70. The molecule has 168 valence electrons. The number of carbonyl (C=O) groups excluding carboxylic acids is 3. The Labute approximate surface area is 184 Å². The van der Waals surface area contributed by atoms with Crippen LogP contribution < -0.4 is 4.74 Å². The van der Waals surface area contributed by atoms with Gasteiger partial charge in [0, 0.05) is 36.1 Å². The number of pyridine rings is 1. The molecule has 0 spiro atoms. The number of hydrogen-bond donors (Lipinski definition) is 0. The third-order valence-electron chi connectivity index (χ3n) is 4.39. The van der Waals surface area contributed by atoms with Crippen LogP contribution in [0.15, 0.2) is 18.3 Å². The van der Waals surface area contributed by atoms with Gasteiger partial charge in [-0.15, -0.1) is 6.42 Å². The largest absolute Gasteiger partial charge is 0.461 e. The van der Waals surface area contributed by atoms with Crippen LogP contribution in [-0.4, -0.2) is 22.9 Å². The second-order valence-corrected chi connectivity index (χ2v) is 7.76. The first kappa shape index (κ1) is 25.9. The molecule has 0 aliphatic carbocycles. The van der Waals surface area contributed by atoms with Crippen molar-refractivity contribution in [3.05, 3.63) is 35.2 Å². The van der Waals surface area contributed by atoms with Gasteiger partial charge in [0.1, 0.15) is 13.2 Å². The van der Waals surface area contributed by atoms with Gasteiger partial charge < -0.3 is 14.2 Å². The smallest absolute Gasteiger partial charge is 0.311 e. The molecule has 0 amide bonds. The molecule has 1 aromatic rings. The maximum atomic E-state index is 12.3. The Balaban J connectivity index is 3.07. The van der Waals surface area contributed by atoms with Crippen molar-refractivity contribution in [2.45, 2.75) is 73.5 Å². The van der Waals surface area contributed by atoms with Gasteiger partial charge in [-0.1, -0.05) is 18.1 Å². The third-order valence-corrected chi connectivity index (χ3v) is 4.39. The van der Waals surface area contributed by atoms with E-state index < -0.39 is 23.3 Å².